The molecule has 1 aliphatic heterocycles. The highest BCUT2D eigenvalue weighted by atomic mass is 35.5. The molecule has 0 saturated carbocycles. The van der Waals surface area contributed by atoms with Gasteiger partial charge in [-0.05, 0) is 24.3 Å². The molecule has 7 heteroatoms. The van der Waals surface area contributed by atoms with Gasteiger partial charge in [-0.15, -0.1) is 0 Å². The monoisotopic (exact) mass is 271 g/mol. The lowest BCUT2D eigenvalue weighted by molar-refractivity contribution is 0.0886. The first-order valence-corrected chi connectivity index (χ1v) is 5.69. The van der Waals surface area contributed by atoms with Gasteiger partial charge in [0.15, 0.2) is 6.17 Å². The van der Waals surface area contributed by atoms with Gasteiger partial charge >= 0.3 is 6.03 Å². The summed E-state index contributed by atoms with van der Waals surface area (Å²) in [4.78, 5) is 22.8. The fourth-order valence-electron chi connectivity index (χ4n) is 1.54. The van der Waals surface area contributed by atoms with E-state index in [1.807, 2.05) is 0 Å². The minimum absolute atomic E-state index is 0.128. The summed E-state index contributed by atoms with van der Waals surface area (Å²) in [5.74, 6) is -0.471. The summed E-state index contributed by atoms with van der Waals surface area (Å²) in [6, 6.07) is 5.65. The summed E-state index contributed by atoms with van der Waals surface area (Å²) in [6.45, 7) is -0.128. The third kappa shape index (κ3) is 2.89. The summed E-state index contributed by atoms with van der Waals surface area (Å²) in [5.41, 5.74) is 0.347. The Bertz CT molecular complexity index is 466. The van der Waals surface area contributed by atoms with Gasteiger partial charge in [0.05, 0.1) is 6.54 Å². The second kappa shape index (κ2) is 5.22. The number of hydrogen-bond acceptors (Lipinski definition) is 2. The maximum absolute atomic E-state index is 13.4. The molecule has 3 N–H and O–H groups in total. The maximum Gasteiger partial charge on any atom is 0.316 e. The van der Waals surface area contributed by atoms with Crippen molar-refractivity contribution >= 4 is 23.5 Å². The average Bonchev–Trinajstić information content (AvgIpc) is 2.34. The number of nitrogens with one attached hydrogen (secondary N) is 3. The summed E-state index contributed by atoms with van der Waals surface area (Å²) in [6.07, 6.45) is -2.40. The number of rotatable bonds is 2. The van der Waals surface area contributed by atoms with Crippen molar-refractivity contribution in [2.45, 2.75) is 12.3 Å². The fourth-order valence-corrected chi connectivity index (χ4v) is 1.67. The smallest absolute Gasteiger partial charge is 0.316 e. The van der Waals surface area contributed by atoms with Crippen LogP contribution in [0.15, 0.2) is 24.3 Å². The van der Waals surface area contributed by atoms with Crippen LogP contribution in [-0.4, -0.2) is 30.8 Å². The number of amides is 3. The van der Waals surface area contributed by atoms with Gasteiger partial charge in [0.25, 0.3) is 5.91 Å². The van der Waals surface area contributed by atoms with Crippen LogP contribution >= 0.6 is 11.6 Å². The van der Waals surface area contributed by atoms with Crippen LogP contribution in [0.3, 0.4) is 0 Å². The number of carbonyl (C=O) groups excluding carboxylic acids is 2. The highest BCUT2D eigenvalue weighted by molar-refractivity contribution is 6.30. The molecular formula is C11H11ClFN3O2. The normalized spacial score (nSPS) is 22.9. The van der Waals surface area contributed by atoms with E-state index >= 15 is 0 Å². The molecule has 2 unspecified atom stereocenters. The Kier molecular flexibility index (Phi) is 3.66. The van der Waals surface area contributed by atoms with Crippen LogP contribution in [0.25, 0.3) is 0 Å². The molecule has 1 aliphatic rings. The van der Waals surface area contributed by atoms with Gasteiger partial charge in [0, 0.05) is 10.6 Å². The zero-order valence-corrected chi connectivity index (χ0v) is 10.00. The van der Waals surface area contributed by atoms with Crippen molar-refractivity contribution in [1.29, 1.82) is 0 Å². The average molecular weight is 272 g/mol. The lowest BCUT2D eigenvalue weighted by Crippen LogP contribution is -2.62. The highest BCUT2D eigenvalue weighted by Gasteiger charge is 2.29. The highest BCUT2D eigenvalue weighted by Crippen LogP contribution is 2.10. The molecule has 96 valence electrons. The first kappa shape index (κ1) is 12.6. The molecule has 1 aromatic carbocycles. The number of urea groups is 1. The zero-order valence-electron chi connectivity index (χ0n) is 9.24. The van der Waals surface area contributed by atoms with Crippen LogP contribution in [-0.2, 0) is 0 Å². The number of hydrogen-bond donors (Lipinski definition) is 3. The van der Waals surface area contributed by atoms with Crippen molar-refractivity contribution in [1.82, 2.24) is 16.0 Å². The third-order valence-electron chi connectivity index (χ3n) is 2.50. The van der Waals surface area contributed by atoms with Crippen LogP contribution in [0.4, 0.5) is 9.18 Å². The molecule has 2 atom stereocenters. The largest absolute Gasteiger partial charge is 0.335 e. The predicted octanol–water partition coefficient (Wildman–Crippen LogP) is 1.05. The lowest BCUT2D eigenvalue weighted by atomic mass is 10.2. The number of carbonyl (C=O) groups is 2. The standard InChI is InChI=1S/C11H11ClFN3O2/c12-7-3-1-6(2-4-7)10(17)15-9-8(13)5-14-11(18)16-9/h1-4,8-9H,5H2,(H,15,17)(H2,14,16,18). The maximum atomic E-state index is 13.4. The Morgan fingerprint density at radius 2 is 2.06 bits per heavy atom. The van der Waals surface area contributed by atoms with E-state index in [4.69, 9.17) is 11.6 Å². The van der Waals surface area contributed by atoms with E-state index in [1.165, 1.54) is 12.1 Å². The van der Waals surface area contributed by atoms with Crippen LogP contribution in [0, 0.1) is 0 Å². The molecule has 0 radical (unpaired) electrons. The van der Waals surface area contributed by atoms with E-state index in [0.29, 0.717) is 10.6 Å². The van der Waals surface area contributed by atoms with Crippen molar-refractivity contribution < 1.29 is 14.0 Å². The van der Waals surface area contributed by atoms with E-state index in [9.17, 15) is 14.0 Å². The van der Waals surface area contributed by atoms with E-state index in [-0.39, 0.29) is 6.54 Å². The second-order valence-electron chi connectivity index (χ2n) is 3.83. The van der Waals surface area contributed by atoms with E-state index < -0.39 is 24.3 Å². The minimum Gasteiger partial charge on any atom is -0.335 e. The number of alkyl halides is 1. The summed E-state index contributed by atoms with van der Waals surface area (Å²) in [7, 11) is 0. The molecule has 1 saturated heterocycles. The molecule has 1 heterocycles. The van der Waals surface area contributed by atoms with Crippen molar-refractivity contribution in [3.8, 4) is 0 Å². The SMILES string of the molecule is O=C1NCC(F)C(NC(=O)c2ccc(Cl)cc2)N1. The topological polar surface area (TPSA) is 70.2 Å². The Morgan fingerprint density at radius 1 is 1.39 bits per heavy atom. The Hall–Kier alpha value is -1.82. The predicted molar refractivity (Wildman–Crippen MR) is 64.1 cm³/mol. The van der Waals surface area contributed by atoms with Crippen LogP contribution in [0.1, 0.15) is 10.4 Å². The molecular weight excluding hydrogens is 261 g/mol. The number of halogens is 2. The molecule has 18 heavy (non-hydrogen) atoms. The van der Waals surface area contributed by atoms with Crippen molar-refractivity contribution in [2.24, 2.45) is 0 Å². The molecule has 2 rings (SSSR count). The summed E-state index contributed by atoms with van der Waals surface area (Å²) >= 11 is 5.69. The Morgan fingerprint density at radius 3 is 2.72 bits per heavy atom. The van der Waals surface area contributed by atoms with Gasteiger partial charge in [-0.2, -0.15) is 0 Å². The Labute approximate surface area is 108 Å². The molecule has 0 spiro atoms. The molecule has 0 aliphatic carbocycles. The van der Waals surface area contributed by atoms with Crippen LogP contribution in [0.5, 0.6) is 0 Å². The number of benzene rings is 1. The summed E-state index contributed by atoms with van der Waals surface area (Å²) < 4.78 is 13.4. The minimum atomic E-state index is -1.38. The quantitative estimate of drug-likeness (QED) is 0.752. The van der Waals surface area contributed by atoms with Crippen molar-refractivity contribution in [3.05, 3.63) is 34.9 Å². The first-order chi connectivity index (χ1) is 8.56. The van der Waals surface area contributed by atoms with Gasteiger partial charge in [-0.1, -0.05) is 11.6 Å². The molecule has 5 nitrogen and oxygen atoms in total. The first-order valence-electron chi connectivity index (χ1n) is 5.31. The summed E-state index contributed by atoms with van der Waals surface area (Å²) in [5, 5.41) is 7.49. The van der Waals surface area contributed by atoms with Gasteiger partial charge in [0.2, 0.25) is 0 Å². The van der Waals surface area contributed by atoms with Crippen LogP contribution in [0.2, 0.25) is 5.02 Å². The van der Waals surface area contributed by atoms with Crippen LogP contribution < -0.4 is 16.0 Å². The van der Waals surface area contributed by atoms with E-state index in [2.05, 4.69) is 16.0 Å². The molecule has 0 bridgehead atoms. The third-order valence-corrected chi connectivity index (χ3v) is 2.75. The molecule has 0 aromatic heterocycles. The lowest BCUT2D eigenvalue weighted by Gasteiger charge is -2.28. The second-order valence-corrected chi connectivity index (χ2v) is 4.26. The van der Waals surface area contributed by atoms with Gasteiger partial charge in [0.1, 0.15) is 6.17 Å². The molecule has 1 aromatic rings. The zero-order chi connectivity index (χ0) is 13.1. The van der Waals surface area contributed by atoms with E-state index in [1.54, 1.807) is 12.1 Å². The molecule has 3 amide bonds. The van der Waals surface area contributed by atoms with Crippen molar-refractivity contribution in [2.75, 3.05) is 6.54 Å². The van der Waals surface area contributed by atoms with Gasteiger partial charge in [-0.3, -0.25) is 4.79 Å². The van der Waals surface area contributed by atoms with Gasteiger partial charge in [-0.25, -0.2) is 9.18 Å². The fraction of sp³-hybridized carbons (Fsp3) is 0.273. The van der Waals surface area contributed by atoms with Crippen molar-refractivity contribution in [3.63, 3.8) is 0 Å². The van der Waals surface area contributed by atoms with Gasteiger partial charge < -0.3 is 16.0 Å². The van der Waals surface area contributed by atoms with E-state index in [0.717, 1.165) is 0 Å². The molecule has 1 fully saturated rings. The Balaban J connectivity index is 2.02.